The predicted octanol–water partition coefficient (Wildman–Crippen LogP) is 1.19. The van der Waals surface area contributed by atoms with Gasteiger partial charge < -0.3 is 15.5 Å². The summed E-state index contributed by atoms with van der Waals surface area (Å²) in [6, 6.07) is 4.59. The number of rotatable bonds is 3. The van der Waals surface area contributed by atoms with Gasteiger partial charge in [-0.05, 0) is 39.1 Å². The highest BCUT2D eigenvalue weighted by Crippen LogP contribution is 2.28. The molecule has 0 aromatic carbocycles. The van der Waals surface area contributed by atoms with Gasteiger partial charge in [-0.25, -0.2) is 4.98 Å². The van der Waals surface area contributed by atoms with E-state index in [9.17, 15) is 0 Å². The van der Waals surface area contributed by atoms with Gasteiger partial charge in [0.25, 0.3) is 0 Å². The van der Waals surface area contributed by atoms with Gasteiger partial charge in [-0.3, -0.25) is 0 Å². The second-order valence-electron chi connectivity index (χ2n) is 4.66. The summed E-state index contributed by atoms with van der Waals surface area (Å²) >= 11 is 0. The quantitative estimate of drug-likeness (QED) is 0.831. The van der Waals surface area contributed by atoms with E-state index in [2.05, 4.69) is 34.9 Å². The molecule has 2 heterocycles. The smallest absolute Gasteiger partial charge is 0.146 e. The van der Waals surface area contributed by atoms with Crippen LogP contribution in [-0.2, 0) is 0 Å². The number of pyridine rings is 1. The molecule has 4 heteroatoms. The SMILES string of the molecule is CN(C)CC1CCCN1c1cccnc1N. The molecule has 1 aromatic rings. The first-order valence-electron chi connectivity index (χ1n) is 5.80. The minimum atomic E-state index is 0.571. The van der Waals surface area contributed by atoms with Crippen molar-refractivity contribution in [2.45, 2.75) is 18.9 Å². The van der Waals surface area contributed by atoms with Crippen LogP contribution in [0.3, 0.4) is 0 Å². The van der Waals surface area contributed by atoms with Crippen LogP contribution in [0.2, 0.25) is 0 Å². The largest absolute Gasteiger partial charge is 0.382 e. The molecule has 0 aliphatic carbocycles. The zero-order valence-corrected chi connectivity index (χ0v) is 10.1. The van der Waals surface area contributed by atoms with E-state index in [0.29, 0.717) is 11.9 Å². The Kier molecular flexibility index (Phi) is 3.29. The highest BCUT2D eigenvalue weighted by molar-refractivity contribution is 5.64. The lowest BCUT2D eigenvalue weighted by Gasteiger charge is -2.29. The molecule has 1 saturated heterocycles. The van der Waals surface area contributed by atoms with Crippen molar-refractivity contribution in [1.82, 2.24) is 9.88 Å². The number of hydrogen-bond donors (Lipinski definition) is 1. The Morgan fingerprint density at radius 1 is 1.56 bits per heavy atom. The number of likely N-dealkylation sites (N-methyl/N-ethyl adjacent to an activating group) is 1. The van der Waals surface area contributed by atoms with Gasteiger partial charge in [0.05, 0.1) is 5.69 Å². The van der Waals surface area contributed by atoms with Gasteiger partial charge in [0.1, 0.15) is 5.82 Å². The first-order chi connectivity index (χ1) is 7.68. The third-order valence-electron chi connectivity index (χ3n) is 3.08. The van der Waals surface area contributed by atoms with Crippen LogP contribution in [0.25, 0.3) is 0 Å². The summed E-state index contributed by atoms with van der Waals surface area (Å²) in [7, 11) is 4.23. The maximum Gasteiger partial charge on any atom is 0.146 e. The van der Waals surface area contributed by atoms with E-state index < -0.39 is 0 Å². The lowest BCUT2D eigenvalue weighted by atomic mass is 10.2. The molecule has 1 aliphatic heterocycles. The monoisotopic (exact) mass is 220 g/mol. The van der Waals surface area contributed by atoms with Crippen molar-refractivity contribution in [2.75, 3.05) is 37.8 Å². The number of hydrogen-bond acceptors (Lipinski definition) is 4. The summed E-state index contributed by atoms with van der Waals surface area (Å²) in [5, 5.41) is 0. The Hall–Kier alpha value is -1.29. The Bertz CT molecular complexity index is 351. The van der Waals surface area contributed by atoms with Crippen molar-refractivity contribution in [3.05, 3.63) is 18.3 Å². The fourth-order valence-electron chi connectivity index (χ4n) is 2.42. The molecular formula is C12H20N4. The Morgan fingerprint density at radius 3 is 3.06 bits per heavy atom. The molecule has 1 unspecified atom stereocenters. The van der Waals surface area contributed by atoms with Crippen molar-refractivity contribution in [1.29, 1.82) is 0 Å². The summed E-state index contributed by atoms with van der Waals surface area (Å²) in [5.41, 5.74) is 7.02. The van der Waals surface area contributed by atoms with Crippen LogP contribution in [-0.4, -0.2) is 43.1 Å². The molecule has 0 amide bonds. The molecule has 1 atom stereocenters. The summed E-state index contributed by atoms with van der Waals surface area (Å²) in [5.74, 6) is 0.646. The van der Waals surface area contributed by atoms with Gasteiger partial charge in [0.15, 0.2) is 0 Å². The molecule has 1 aliphatic rings. The molecule has 16 heavy (non-hydrogen) atoms. The topological polar surface area (TPSA) is 45.4 Å². The summed E-state index contributed by atoms with van der Waals surface area (Å²) in [6.07, 6.45) is 4.23. The van der Waals surface area contributed by atoms with E-state index in [1.807, 2.05) is 6.07 Å². The van der Waals surface area contributed by atoms with Crippen molar-refractivity contribution in [3.63, 3.8) is 0 Å². The van der Waals surface area contributed by atoms with E-state index in [1.165, 1.54) is 12.8 Å². The number of nitrogens with zero attached hydrogens (tertiary/aromatic N) is 3. The van der Waals surface area contributed by atoms with Crippen molar-refractivity contribution >= 4 is 11.5 Å². The van der Waals surface area contributed by atoms with Gasteiger partial charge in [-0.15, -0.1) is 0 Å². The molecule has 0 spiro atoms. The number of aromatic nitrogens is 1. The summed E-state index contributed by atoms with van der Waals surface area (Å²) in [6.45, 7) is 2.17. The third kappa shape index (κ3) is 2.27. The van der Waals surface area contributed by atoms with Crippen LogP contribution in [0.5, 0.6) is 0 Å². The molecule has 0 bridgehead atoms. The minimum Gasteiger partial charge on any atom is -0.382 e. The highest BCUT2D eigenvalue weighted by Gasteiger charge is 2.26. The van der Waals surface area contributed by atoms with Crippen molar-refractivity contribution < 1.29 is 0 Å². The lowest BCUT2D eigenvalue weighted by Crippen LogP contribution is -2.37. The minimum absolute atomic E-state index is 0.571. The van der Waals surface area contributed by atoms with Crippen molar-refractivity contribution in [2.24, 2.45) is 0 Å². The normalized spacial score (nSPS) is 20.7. The summed E-state index contributed by atoms with van der Waals surface area (Å²) < 4.78 is 0. The van der Waals surface area contributed by atoms with Gasteiger partial charge in [0, 0.05) is 25.3 Å². The molecule has 4 nitrogen and oxygen atoms in total. The molecule has 2 rings (SSSR count). The van der Waals surface area contributed by atoms with E-state index in [0.717, 1.165) is 18.8 Å². The Balaban J connectivity index is 2.17. The lowest BCUT2D eigenvalue weighted by molar-refractivity contribution is 0.372. The van der Waals surface area contributed by atoms with Crippen LogP contribution in [0.4, 0.5) is 11.5 Å². The van der Waals surface area contributed by atoms with Gasteiger partial charge in [-0.1, -0.05) is 0 Å². The maximum absolute atomic E-state index is 5.93. The standard InChI is InChI=1S/C12H20N4/c1-15(2)9-10-5-4-8-16(10)11-6-3-7-14-12(11)13/h3,6-7,10H,4-5,8-9H2,1-2H3,(H2,13,14). The molecule has 88 valence electrons. The number of nitrogen functional groups attached to an aromatic ring is 1. The fraction of sp³-hybridized carbons (Fsp3) is 0.583. The van der Waals surface area contributed by atoms with Gasteiger partial charge in [0.2, 0.25) is 0 Å². The van der Waals surface area contributed by atoms with Crippen LogP contribution in [0.15, 0.2) is 18.3 Å². The van der Waals surface area contributed by atoms with Crippen molar-refractivity contribution in [3.8, 4) is 0 Å². The summed E-state index contributed by atoms with van der Waals surface area (Å²) in [4.78, 5) is 8.78. The van der Waals surface area contributed by atoms with E-state index in [1.54, 1.807) is 6.20 Å². The molecule has 0 radical (unpaired) electrons. The Morgan fingerprint density at radius 2 is 2.38 bits per heavy atom. The second-order valence-corrected chi connectivity index (χ2v) is 4.66. The average Bonchev–Trinajstić information content (AvgIpc) is 2.66. The number of nitrogens with two attached hydrogens (primary N) is 1. The van der Waals surface area contributed by atoms with Gasteiger partial charge >= 0.3 is 0 Å². The van der Waals surface area contributed by atoms with Crippen LogP contribution < -0.4 is 10.6 Å². The van der Waals surface area contributed by atoms with E-state index in [4.69, 9.17) is 5.73 Å². The molecule has 1 fully saturated rings. The van der Waals surface area contributed by atoms with E-state index >= 15 is 0 Å². The molecule has 1 aromatic heterocycles. The first-order valence-corrected chi connectivity index (χ1v) is 5.80. The van der Waals surface area contributed by atoms with Crippen LogP contribution >= 0.6 is 0 Å². The highest BCUT2D eigenvalue weighted by atomic mass is 15.2. The van der Waals surface area contributed by atoms with Gasteiger partial charge in [-0.2, -0.15) is 0 Å². The molecule has 2 N–H and O–H groups in total. The molecular weight excluding hydrogens is 200 g/mol. The zero-order chi connectivity index (χ0) is 11.5. The van der Waals surface area contributed by atoms with Crippen LogP contribution in [0.1, 0.15) is 12.8 Å². The Labute approximate surface area is 97.1 Å². The van der Waals surface area contributed by atoms with E-state index in [-0.39, 0.29) is 0 Å². The third-order valence-corrected chi connectivity index (χ3v) is 3.08. The zero-order valence-electron chi connectivity index (χ0n) is 10.1. The average molecular weight is 220 g/mol. The number of anilines is 2. The first kappa shape index (κ1) is 11.2. The predicted molar refractivity (Wildman–Crippen MR) is 67.6 cm³/mol. The maximum atomic E-state index is 5.93. The second kappa shape index (κ2) is 4.70. The van der Waals surface area contributed by atoms with Crippen LogP contribution in [0, 0.1) is 0 Å². The fourth-order valence-corrected chi connectivity index (χ4v) is 2.42. The molecule has 0 saturated carbocycles.